The lowest BCUT2D eigenvalue weighted by atomic mass is 9.96. The van der Waals surface area contributed by atoms with Crippen LogP contribution >= 0.6 is 15.9 Å². The van der Waals surface area contributed by atoms with Crippen molar-refractivity contribution in [3.05, 3.63) is 70.0 Å². The van der Waals surface area contributed by atoms with Crippen molar-refractivity contribution in [2.24, 2.45) is 0 Å². The maximum absolute atomic E-state index is 12.6. The van der Waals surface area contributed by atoms with Gasteiger partial charge in [-0.3, -0.25) is 4.79 Å². The largest absolute Gasteiger partial charge is 0.342 e. The first-order valence-electron chi connectivity index (χ1n) is 9.52. The second-order valence-corrected chi connectivity index (χ2v) is 8.15. The standard InChI is InChI=1S/C22H22BrN3O2/c1-15-4-2-3-5-19(15)21-24-22(28-25-21)17-10-12-26(13-11-17)20(27)14-16-6-8-18(23)9-7-16/h2-9,17H,10-14H2,1H3. The molecule has 3 aromatic rings. The van der Waals surface area contributed by atoms with Gasteiger partial charge in [0.2, 0.25) is 17.6 Å². The number of benzene rings is 2. The van der Waals surface area contributed by atoms with Crippen LogP contribution in [0.2, 0.25) is 0 Å². The normalized spacial score (nSPS) is 15.0. The van der Waals surface area contributed by atoms with E-state index in [1.807, 2.05) is 60.4 Å². The Morgan fingerprint density at radius 2 is 1.86 bits per heavy atom. The maximum Gasteiger partial charge on any atom is 0.230 e. The molecule has 1 aromatic heterocycles. The predicted molar refractivity (Wildman–Crippen MR) is 111 cm³/mol. The van der Waals surface area contributed by atoms with Crippen LogP contribution in [0.25, 0.3) is 11.4 Å². The van der Waals surface area contributed by atoms with Crippen molar-refractivity contribution in [1.29, 1.82) is 0 Å². The van der Waals surface area contributed by atoms with E-state index in [2.05, 4.69) is 26.1 Å². The molecule has 0 saturated carbocycles. The van der Waals surface area contributed by atoms with E-state index >= 15 is 0 Å². The van der Waals surface area contributed by atoms with Gasteiger partial charge in [-0.2, -0.15) is 4.98 Å². The molecule has 1 fully saturated rings. The first-order valence-corrected chi connectivity index (χ1v) is 10.3. The molecule has 0 atom stereocenters. The van der Waals surface area contributed by atoms with Crippen LogP contribution in [0.3, 0.4) is 0 Å². The van der Waals surface area contributed by atoms with Crippen molar-refractivity contribution in [3.63, 3.8) is 0 Å². The van der Waals surface area contributed by atoms with Gasteiger partial charge in [-0.05, 0) is 43.0 Å². The van der Waals surface area contributed by atoms with Gasteiger partial charge in [0, 0.05) is 29.0 Å². The lowest BCUT2D eigenvalue weighted by Gasteiger charge is -2.30. The molecule has 0 bridgehead atoms. The van der Waals surface area contributed by atoms with Crippen molar-refractivity contribution >= 4 is 21.8 Å². The lowest BCUT2D eigenvalue weighted by molar-refractivity contribution is -0.131. The van der Waals surface area contributed by atoms with Crippen LogP contribution in [0.4, 0.5) is 0 Å². The molecule has 0 radical (unpaired) electrons. The van der Waals surface area contributed by atoms with E-state index in [1.165, 1.54) is 0 Å². The number of carbonyl (C=O) groups is 1. The van der Waals surface area contributed by atoms with E-state index in [9.17, 15) is 4.79 Å². The fourth-order valence-corrected chi connectivity index (χ4v) is 3.86. The van der Waals surface area contributed by atoms with Gasteiger partial charge in [-0.1, -0.05) is 57.5 Å². The van der Waals surface area contributed by atoms with Gasteiger partial charge in [-0.25, -0.2) is 0 Å². The Morgan fingerprint density at radius 3 is 2.57 bits per heavy atom. The van der Waals surface area contributed by atoms with Crippen LogP contribution in [0.5, 0.6) is 0 Å². The highest BCUT2D eigenvalue weighted by Crippen LogP contribution is 2.29. The summed E-state index contributed by atoms with van der Waals surface area (Å²) in [6.45, 7) is 3.49. The lowest BCUT2D eigenvalue weighted by Crippen LogP contribution is -2.38. The Bertz CT molecular complexity index is 960. The zero-order valence-corrected chi connectivity index (χ0v) is 17.4. The molecular weight excluding hydrogens is 418 g/mol. The van der Waals surface area contributed by atoms with Crippen LogP contribution in [-0.2, 0) is 11.2 Å². The first-order chi connectivity index (χ1) is 13.6. The molecule has 4 rings (SSSR count). The molecule has 0 spiro atoms. The summed E-state index contributed by atoms with van der Waals surface area (Å²) in [6, 6.07) is 15.9. The minimum atomic E-state index is 0.173. The molecule has 0 unspecified atom stereocenters. The Hall–Kier alpha value is -2.47. The van der Waals surface area contributed by atoms with E-state index < -0.39 is 0 Å². The number of hydrogen-bond acceptors (Lipinski definition) is 4. The second kappa shape index (κ2) is 8.27. The van der Waals surface area contributed by atoms with Gasteiger partial charge in [0.15, 0.2) is 0 Å². The summed E-state index contributed by atoms with van der Waals surface area (Å²) in [7, 11) is 0. The Morgan fingerprint density at radius 1 is 1.14 bits per heavy atom. The highest BCUT2D eigenvalue weighted by atomic mass is 79.9. The summed E-state index contributed by atoms with van der Waals surface area (Å²) < 4.78 is 6.57. The number of likely N-dealkylation sites (tertiary alicyclic amines) is 1. The van der Waals surface area contributed by atoms with Crippen molar-refractivity contribution in [3.8, 4) is 11.4 Å². The van der Waals surface area contributed by atoms with Crippen LogP contribution in [0.15, 0.2) is 57.5 Å². The Labute approximate surface area is 172 Å². The van der Waals surface area contributed by atoms with Crippen LogP contribution in [0, 0.1) is 6.92 Å². The smallest absolute Gasteiger partial charge is 0.230 e. The van der Waals surface area contributed by atoms with Gasteiger partial charge in [0.1, 0.15) is 0 Å². The fourth-order valence-electron chi connectivity index (χ4n) is 3.60. The summed E-state index contributed by atoms with van der Waals surface area (Å²) in [6.07, 6.45) is 2.14. The monoisotopic (exact) mass is 439 g/mol. The van der Waals surface area contributed by atoms with E-state index in [-0.39, 0.29) is 11.8 Å². The van der Waals surface area contributed by atoms with Gasteiger partial charge >= 0.3 is 0 Å². The zero-order chi connectivity index (χ0) is 19.5. The number of nitrogens with zero attached hydrogens (tertiary/aromatic N) is 3. The van der Waals surface area contributed by atoms with Crippen LogP contribution < -0.4 is 0 Å². The zero-order valence-electron chi connectivity index (χ0n) is 15.8. The molecule has 0 N–H and O–H groups in total. The summed E-state index contributed by atoms with van der Waals surface area (Å²) in [5.41, 5.74) is 3.16. The third-order valence-corrected chi connectivity index (χ3v) is 5.82. The molecule has 144 valence electrons. The maximum atomic E-state index is 12.6. The number of halogens is 1. The molecule has 0 aliphatic carbocycles. The fraction of sp³-hybridized carbons (Fsp3) is 0.318. The minimum absolute atomic E-state index is 0.173. The molecule has 1 saturated heterocycles. The molecule has 1 aliphatic rings. The molecule has 1 aliphatic heterocycles. The number of amides is 1. The van der Waals surface area contributed by atoms with Gasteiger partial charge in [0.25, 0.3) is 0 Å². The highest BCUT2D eigenvalue weighted by Gasteiger charge is 2.27. The quantitative estimate of drug-likeness (QED) is 0.587. The van der Waals surface area contributed by atoms with Gasteiger partial charge < -0.3 is 9.42 Å². The first kappa shape index (κ1) is 18.9. The van der Waals surface area contributed by atoms with E-state index in [0.29, 0.717) is 18.1 Å². The highest BCUT2D eigenvalue weighted by molar-refractivity contribution is 9.10. The molecular formula is C22H22BrN3O2. The van der Waals surface area contributed by atoms with E-state index in [4.69, 9.17) is 4.52 Å². The van der Waals surface area contributed by atoms with Crippen LogP contribution in [-0.4, -0.2) is 34.0 Å². The second-order valence-electron chi connectivity index (χ2n) is 7.23. The molecule has 2 aromatic carbocycles. The molecule has 6 heteroatoms. The molecule has 1 amide bonds. The Kier molecular flexibility index (Phi) is 5.57. The summed E-state index contributed by atoms with van der Waals surface area (Å²) in [4.78, 5) is 19.2. The third-order valence-electron chi connectivity index (χ3n) is 5.29. The number of aromatic nitrogens is 2. The predicted octanol–water partition coefficient (Wildman–Crippen LogP) is 4.76. The van der Waals surface area contributed by atoms with Crippen molar-refractivity contribution in [2.45, 2.75) is 32.1 Å². The van der Waals surface area contributed by atoms with Gasteiger partial charge in [-0.15, -0.1) is 0 Å². The average Bonchev–Trinajstić information content (AvgIpc) is 3.20. The summed E-state index contributed by atoms with van der Waals surface area (Å²) in [5.74, 6) is 1.70. The number of piperidine rings is 1. The average molecular weight is 440 g/mol. The molecule has 5 nitrogen and oxygen atoms in total. The number of carbonyl (C=O) groups excluding carboxylic acids is 1. The van der Waals surface area contributed by atoms with E-state index in [0.717, 1.165) is 47.1 Å². The minimum Gasteiger partial charge on any atom is -0.342 e. The number of aryl methyl sites for hydroxylation is 1. The SMILES string of the molecule is Cc1ccccc1-c1noc(C2CCN(C(=O)Cc3ccc(Br)cc3)CC2)n1. The number of hydrogen-bond donors (Lipinski definition) is 0. The molecule has 2 heterocycles. The van der Waals surface area contributed by atoms with E-state index in [1.54, 1.807) is 0 Å². The van der Waals surface area contributed by atoms with Crippen molar-refractivity contribution in [1.82, 2.24) is 15.0 Å². The van der Waals surface area contributed by atoms with Crippen molar-refractivity contribution in [2.75, 3.05) is 13.1 Å². The third kappa shape index (κ3) is 4.17. The molecule has 28 heavy (non-hydrogen) atoms. The summed E-state index contributed by atoms with van der Waals surface area (Å²) in [5, 5.41) is 4.17. The Balaban J connectivity index is 1.36. The van der Waals surface area contributed by atoms with Crippen molar-refractivity contribution < 1.29 is 9.32 Å². The number of rotatable bonds is 4. The topological polar surface area (TPSA) is 59.2 Å². The van der Waals surface area contributed by atoms with Crippen LogP contribution in [0.1, 0.15) is 35.8 Å². The van der Waals surface area contributed by atoms with Gasteiger partial charge in [0.05, 0.1) is 6.42 Å². The summed E-state index contributed by atoms with van der Waals surface area (Å²) >= 11 is 3.42.